The lowest BCUT2D eigenvalue weighted by Crippen LogP contribution is -2.43. The molecule has 9 heteroatoms. The molecule has 1 fully saturated rings. The molecule has 9 nitrogen and oxygen atoms in total. The van der Waals surface area contributed by atoms with Crippen molar-refractivity contribution in [2.24, 2.45) is 17.0 Å². The van der Waals surface area contributed by atoms with Crippen LogP contribution in [0.2, 0.25) is 0 Å². The first-order valence-corrected chi connectivity index (χ1v) is 11.8. The van der Waals surface area contributed by atoms with Crippen molar-refractivity contribution in [2.75, 3.05) is 12.4 Å². The summed E-state index contributed by atoms with van der Waals surface area (Å²) in [5, 5.41) is 15.9. The van der Waals surface area contributed by atoms with Crippen LogP contribution >= 0.6 is 0 Å². The summed E-state index contributed by atoms with van der Waals surface area (Å²) in [6, 6.07) is 6.32. The van der Waals surface area contributed by atoms with E-state index in [2.05, 4.69) is 34.0 Å². The summed E-state index contributed by atoms with van der Waals surface area (Å²) in [7, 11) is 3.65. The standard InChI is InChI=1S/C25H29N7O2/c1-12-22(13(2)34-31-12)17-9-19-16(10-20(17)33-5)23-24(28-19)26-14(3)27-25(23)29-21-11-18(30-32(21)4)15-7-6-8-15/h9-11,15,23-24,28H,6-8H2,1-5H3,(H,26,27,29). The molecular formula is C25H29N7O2. The van der Waals surface area contributed by atoms with Crippen molar-refractivity contribution in [3.8, 4) is 16.9 Å². The lowest BCUT2D eigenvalue weighted by molar-refractivity contribution is 0.393. The lowest BCUT2D eigenvalue weighted by atomic mass is 9.83. The Bertz CT molecular complexity index is 1330. The van der Waals surface area contributed by atoms with Gasteiger partial charge in [0, 0.05) is 30.3 Å². The summed E-state index contributed by atoms with van der Waals surface area (Å²) in [4.78, 5) is 9.88. The van der Waals surface area contributed by atoms with Crippen LogP contribution < -0.4 is 15.4 Å². The van der Waals surface area contributed by atoms with Crippen molar-refractivity contribution >= 4 is 23.2 Å². The minimum atomic E-state index is -0.140. The topological polar surface area (TPSA) is 102 Å². The summed E-state index contributed by atoms with van der Waals surface area (Å²) in [5.74, 6) is 4.59. The molecule has 2 aliphatic heterocycles. The lowest BCUT2D eigenvalue weighted by Gasteiger charge is -2.26. The summed E-state index contributed by atoms with van der Waals surface area (Å²) in [6.45, 7) is 5.83. The number of hydrogen-bond acceptors (Lipinski definition) is 7. The van der Waals surface area contributed by atoms with E-state index in [0.29, 0.717) is 5.92 Å². The summed E-state index contributed by atoms with van der Waals surface area (Å²) >= 11 is 0. The Balaban J connectivity index is 1.44. The molecular weight excluding hydrogens is 430 g/mol. The number of nitrogens with one attached hydrogen (secondary N) is 2. The van der Waals surface area contributed by atoms with Gasteiger partial charge >= 0.3 is 0 Å². The fourth-order valence-corrected chi connectivity index (χ4v) is 5.24. The van der Waals surface area contributed by atoms with Gasteiger partial charge in [-0.1, -0.05) is 11.6 Å². The van der Waals surface area contributed by atoms with Gasteiger partial charge in [-0.25, -0.2) is 9.98 Å². The number of rotatable bonds is 4. The van der Waals surface area contributed by atoms with Gasteiger partial charge in [0.15, 0.2) is 5.82 Å². The Kier molecular flexibility index (Phi) is 4.75. The van der Waals surface area contributed by atoms with Gasteiger partial charge in [-0.15, -0.1) is 0 Å². The van der Waals surface area contributed by atoms with Crippen LogP contribution in [0.5, 0.6) is 5.75 Å². The van der Waals surface area contributed by atoms with Crippen LogP contribution in [0.4, 0.5) is 11.5 Å². The predicted octanol–water partition coefficient (Wildman–Crippen LogP) is 4.56. The maximum Gasteiger partial charge on any atom is 0.152 e. The van der Waals surface area contributed by atoms with E-state index >= 15 is 0 Å². The number of ether oxygens (including phenoxy) is 1. The summed E-state index contributed by atoms with van der Waals surface area (Å²) in [6.07, 6.45) is 3.57. The second-order valence-corrected chi connectivity index (χ2v) is 9.42. The zero-order valence-electron chi connectivity index (χ0n) is 20.1. The highest BCUT2D eigenvalue weighted by molar-refractivity contribution is 6.08. The third-order valence-electron chi connectivity index (χ3n) is 7.20. The van der Waals surface area contributed by atoms with Crippen molar-refractivity contribution in [2.45, 2.75) is 58.0 Å². The van der Waals surface area contributed by atoms with E-state index in [-0.39, 0.29) is 12.1 Å². The van der Waals surface area contributed by atoms with Crippen molar-refractivity contribution < 1.29 is 9.26 Å². The molecule has 34 heavy (non-hydrogen) atoms. The van der Waals surface area contributed by atoms with Gasteiger partial charge in [0.1, 0.15) is 29.3 Å². The molecule has 0 radical (unpaired) electrons. The Morgan fingerprint density at radius 1 is 1.18 bits per heavy atom. The Morgan fingerprint density at radius 2 is 2.00 bits per heavy atom. The van der Waals surface area contributed by atoms with Crippen LogP contribution in [0.3, 0.4) is 0 Å². The van der Waals surface area contributed by atoms with Crippen LogP contribution in [0.15, 0.2) is 32.7 Å². The van der Waals surface area contributed by atoms with Gasteiger partial charge in [0.25, 0.3) is 0 Å². The largest absolute Gasteiger partial charge is 0.496 e. The molecule has 0 amide bonds. The fraction of sp³-hybridized carbons (Fsp3) is 0.440. The maximum atomic E-state index is 5.82. The quantitative estimate of drug-likeness (QED) is 0.593. The van der Waals surface area contributed by atoms with Gasteiger partial charge in [-0.3, -0.25) is 4.68 Å². The van der Waals surface area contributed by atoms with Crippen molar-refractivity contribution in [1.82, 2.24) is 20.3 Å². The molecule has 0 bridgehead atoms. The van der Waals surface area contributed by atoms with E-state index in [9.17, 15) is 0 Å². The van der Waals surface area contributed by atoms with Crippen molar-refractivity contribution in [3.05, 3.63) is 40.9 Å². The SMILES string of the molecule is COc1cc2c(cc1-c1c(C)noc1C)NC1N=C(C)NC(=Nc3cc(C4CCC4)nn3C)C21. The molecule has 1 saturated carbocycles. The van der Waals surface area contributed by atoms with Gasteiger partial charge in [-0.2, -0.15) is 5.10 Å². The minimum Gasteiger partial charge on any atom is -0.496 e. The molecule has 2 unspecified atom stereocenters. The first kappa shape index (κ1) is 20.9. The first-order chi connectivity index (χ1) is 16.4. The van der Waals surface area contributed by atoms with Gasteiger partial charge in [-0.05, 0) is 51.3 Å². The number of anilines is 1. The molecule has 0 spiro atoms. The van der Waals surface area contributed by atoms with E-state index in [1.54, 1.807) is 7.11 Å². The second kappa shape index (κ2) is 7.72. The Morgan fingerprint density at radius 3 is 2.68 bits per heavy atom. The molecule has 0 saturated heterocycles. The number of fused-ring (bicyclic) bond motifs is 3. The molecule has 6 rings (SSSR count). The zero-order chi connectivity index (χ0) is 23.6. The number of aromatic nitrogens is 3. The normalized spacial score (nSPS) is 22.5. The molecule has 2 atom stereocenters. The van der Waals surface area contributed by atoms with E-state index in [0.717, 1.165) is 62.8 Å². The molecule has 3 aliphatic rings. The molecule has 176 valence electrons. The smallest absolute Gasteiger partial charge is 0.152 e. The van der Waals surface area contributed by atoms with Gasteiger partial charge in [0.2, 0.25) is 0 Å². The molecule has 1 aliphatic carbocycles. The highest BCUT2D eigenvalue weighted by Gasteiger charge is 2.40. The number of amidine groups is 2. The third kappa shape index (κ3) is 3.21. The third-order valence-corrected chi connectivity index (χ3v) is 7.20. The van der Waals surface area contributed by atoms with Gasteiger partial charge in [0.05, 0.1) is 30.0 Å². The van der Waals surface area contributed by atoms with Crippen molar-refractivity contribution in [1.29, 1.82) is 0 Å². The molecule has 1 aromatic carbocycles. The average Bonchev–Trinajstić information content (AvgIpc) is 3.40. The Hall–Kier alpha value is -3.62. The van der Waals surface area contributed by atoms with Crippen LogP contribution in [-0.2, 0) is 7.05 Å². The van der Waals surface area contributed by atoms with E-state index in [1.807, 2.05) is 32.5 Å². The van der Waals surface area contributed by atoms with Crippen LogP contribution in [0.25, 0.3) is 11.1 Å². The second-order valence-electron chi connectivity index (χ2n) is 9.42. The molecule has 3 aromatic rings. The maximum absolute atomic E-state index is 5.82. The number of methoxy groups -OCH3 is 1. The number of hydrogen-bond donors (Lipinski definition) is 2. The number of aliphatic imine (C=N–C) groups is 2. The molecule has 2 aromatic heterocycles. The van der Waals surface area contributed by atoms with Crippen LogP contribution in [0.1, 0.15) is 60.7 Å². The fourth-order valence-electron chi connectivity index (χ4n) is 5.24. The minimum absolute atomic E-state index is 0.0617. The predicted molar refractivity (Wildman–Crippen MR) is 131 cm³/mol. The molecule has 4 heterocycles. The van der Waals surface area contributed by atoms with Crippen LogP contribution in [-0.4, -0.2) is 39.9 Å². The number of nitrogens with zero attached hydrogens (tertiary/aromatic N) is 5. The summed E-state index contributed by atoms with van der Waals surface area (Å²) in [5.41, 5.74) is 6.00. The highest BCUT2D eigenvalue weighted by atomic mass is 16.5. The van der Waals surface area contributed by atoms with Gasteiger partial charge < -0.3 is 19.9 Å². The summed E-state index contributed by atoms with van der Waals surface area (Å²) < 4.78 is 13.1. The van der Waals surface area contributed by atoms with E-state index in [4.69, 9.17) is 24.3 Å². The zero-order valence-corrected chi connectivity index (χ0v) is 20.1. The molecule has 2 N–H and O–H groups in total. The van der Waals surface area contributed by atoms with E-state index in [1.165, 1.54) is 19.3 Å². The number of benzene rings is 1. The monoisotopic (exact) mass is 459 g/mol. The Labute approximate surface area is 198 Å². The highest BCUT2D eigenvalue weighted by Crippen LogP contribution is 2.46. The van der Waals surface area contributed by atoms with E-state index < -0.39 is 0 Å². The van der Waals surface area contributed by atoms with Crippen molar-refractivity contribution in [3.63, 3.8) is 0 Å². The average molecular weight is 460 g/mol. The first-order valence-electron chi connectivity index (χ1n) is 11.8. The van der Waals surface area contributed by atoms with Crippen LogP contribution in [0, 0.1) is 13.8 Å². The number of aryl methyl sites for hydroxylation is 3.